The number of carbonyl (C=O) groups is 1. The molecule has 0 aliphatic heterocycles. The predicted octanol–water partition coefficient (Wildman–Crippen LogP) is 3.45. The van der Waals surface area contributed by atoms with E-state index >= 15 is 0 Å². The summed E-state index contributed by atoms with van der Waals surface area (Å²) in [7, 11) is 0. The predicted molar refractivity (Wildman–Crippen MR) is 102 cm³/mol. The normalized spacial score (nSPS) is 10.6. The fourth-order valence-corrected chi connectivity index (χ4v) is 2.39. The van der Waals surface area contributed by atoms with Crippen LogP contribution in [0.4, 0.5) is 11.6 Å². The summed E-state index contributed by atoms with van der Waals surface area (Å²) in [5.41, 5.74) is 9.22. The number of aromatic nitrogens is 2. The van der Waals surface area contributed by atoms with E-state index in [1.165, 1.54) is 0 Å². The third-order valence-corrected chi connectivity index (χ3v) is 3.76. The summed E-state index contributed by atoms with van der Waals surface area (Å²) in [5, 5.41) is 3.12. The number of carbonyl (C=O) groups excluding carboxylic acids is 1. The van der Waals surface area contributed by atoms with Gasteiger partial charge in [-0.15, -0.1) is 0 Å². The number of nitrogens with two attached hydrogens (primary N) is 1. The van der Waals surface area contributed by atoms with Gasteiger partial charge in [0.2, 0.25) is 11.9 Å². The molecule has 0 aliphatic carbocycles. The average molecular weight is 364 g/mol. The maximum atomic E-state index is 11.1. The molecule has 0 fully saturated rings. The first kappa shape index (κ1) is 18.5. The zero-order valence-electron chi connectivity index (χ0n) is 14.9. The molecule has 1 amide bonds. The van der Waals surface area contributed by atoms with Crippen molar-refractivity contribution in [2.24, 2.45) is 5.73 Å². The molecule has 0 aliphatic rings. The van der Waals surface area contributed by atoms with Crippen molar-refractivity contribution in [1.29, 1.82) is 0 Å². The van der Waals surface area contributed by atoms with Gasteiger partial charge in [0.25, 0.3) is 0 Å². The van der Waals surface area contributed by atoms with Crippen LogP contribution in [0.15, 0.2) is 60.8 Å². The Morgan fingerprint density at radius 2 is 1.78 bits per heavy atom. The zero-order valence-corrected chi connectivity index (χ0v) is 14.9. The second kappa shape index (κ2) is 8.88. The van der Waals surface area contributed by atoms with E-state index in [4.69, 9.17) is 15.5 Å². The number of rotatable bonds is 8. The van der Waals surface area contributed by atoms with E-state index in [1.54, 1.807) is 30.5 Å². The van der Waals surface area contributed by atoms with E-state index in [-0.39, 0.29) is 0 Å². The van der Waals surface area contributed by atoms with Crippen LogP contribution in [0, 0.1) is 0 Å². The number of amides is 1. The minimum Gasteiger partial charge on any atom is -0.366 e. The van der Waals surface area contributed by atoms with Crippen molar-refractivity contribution in [2.75, 3.05) is 11.9 Å². The Hall–Kier alpha value is -3.29. The molecule has 0 unspecified atom stereocenters. The van der Waals surface area contributed by atoms with Crippen LogP contribution in [0.2, 0.25) is 0 Å². The number of benzene rings is 2. The lowest BCUT2D eigenvalue weighted by molar-refractivity contribution is -0.300. The SMILES string of the molecule is CCOOCc1ccc(-c2ccnc(Nc3ccc(C(N)=O)cc3)n2)cc1. The number of primary amides is 1. The highest BCUT2D eigenvalue weighted by Crippen LogP contribution is 2.20. The summed E-state index contributed by atoms with van der Waals surface area (Å²) in [6, 6.07) is 16.5. The topological polar surface area (TPSA) is 99.4 Å². The largest absolute Gasteiger partial charge is 0.366 e. The van der Waals surface area contributed by atoms with Crippen molar-refractivity contribution < 1.29 is 14.6 Å². The highest BCUT2D eigenvalue weighted by Gasteiger charge is 2.05. The Kier molecular flexibility index (Phi) is 6.09. The molecule has 3 aromatic rings. The van der Waals surface area contributed by atoms with Crippen LogP contribution >= 0.6 is 0 Å². The van der Waals surface area contributed by atoms with E-state index in [1.807, 2.05) is 37.3 Å². The molecule has 0 bridgehead atoms. The van der Waals surface area contributed by atoms with E-state index in [9.17, 15) is 4.79 Å². The van der Waals surface area contributed by atoms with Gasteiger partial charge in [-0.05, 0) is 42.8 Å². The molecule has 0 spiro atoms. The van der Waals surface area contributed by atoms with Crippen LogP contribution < -0.4 is 11.1 Å². The second-order valence-electron chi connectivity index (χ2n) is 5.70. The summed E-state index contributed by atoms with van der Waals surface area (Å²) < 4.78 is 0. The quantitative estimate of drug-likeness (QED) is 0.361. The van der Waals surface area contributed by atoms with Gasteiger partial charge in [-0.2, -0.15) is 0 Å². The summed E-state index contributed by atoms with van der Waals surface area (Å²) in [6.07, 6.45) is 1.69. The van der Waals surface area contributed by atoms with Crippen molar-refractivity contribution in [3.8, 4) is 11.3 Å². The van der Waals surface area contributed by atoms with Crippen LogP contribution in [0.5, 0.6) is 0 Å². The van der Waals surface area contributed by atoms with Crippen molar-refractivity contribution >= 4 is 17.5 Å². The lowest BCUT2D eigenvalue weighted by atomic mass is 10.1. The minimum atomic E-state index is -0.463. The minimum absolute atomic E-state index is 0.395. The van der Waals surface area contributed by atoms with Crippen molar-refractivity contribution in [2.45, 2.75) is 13.5 Å². The van der Waals surface area contributed by atoms with Gasteiger partial charge in [-0.1, -0.05) is 24.3 Å². The molecule has 7 nitrogen and oxygen atoms in total. The fourth-order valence-electron chi connectivity index (χ4n) is 2.39. The Balaban J connectivity index is 1.70. The van der Waals surface area contributed by atoms with Crippen molar-refractivity contribution in [1.82, 2.24) is 9.97 Å². The molecule has 138 valence electrons. The molecule has 2 aromatic carbocycles. The molecule has 1 aromatic heterocycles. The van der Waals surface area contributed by atoms with Gasteiger partial charge in [-0.3, -0.25) is 4.79 Å². The number of hydrogen-bond acceptors (Lipinski definition) is 6. The summed E-state index contributed by atoms with van der Waals surface area (Å²) >= 11 is 0. The van der Waals surface area contributed by atoms with E-state index < -0.39 is 5.91 Å². The van der Waals surface area contributed by atoms with Crippen LogP contribution in [-0.4, -0.2) is 22.5 Å². The van der Waals surface area contributed by atoms with Gasteiger partial charge in [0.1, 0.15) is 6.61 Å². The third-order valence-electron chi connectivity index (χ3n) is 3.76. The molecule has 7 heteroatoms. The second-order valence-corrected chi connectivity index (χ2v) is 5.70. The standard InChI is InChI=1S/C20H20N4O3/c1-2-26-27-13-14-3-5-15(6-4-14)18-11-12-22-20(24-18)23-17-9-7-16(8-10-17)19(21)25/h3-12H,2,13H2,1H3,(H2,21,25)(H,22,23,24). The first-order valence-electron chi connectivity index (χ1n) is 8.49. The number of nitrogens with zero attached hydrogens (tertiary/aromatic N) is 2. The van der Waals surface area contributed by atoms with Gasteiger partial charge in [0.15, 0.2) is 0 Å². The lowest BCUT2D eigenvalue weighted by Crippen LogP contribution is -2.10. The Morgan fingerprint density at radius 1 is 1.04 bits per heavy atom. The lowest BCUT2D eigenvalue weighted by Gasteiger charge is -2.08. The first-order chi connectivity index (χ1) is 13.2. The molecule has 3 rings (SSSR count). The van der Waals surface area contributed by atoms with Crippen molar-refractivity contribution in [3.05, 3.63) is 71.9 Å². The Morgan fingerprint density at radius 3 is 2.44 bits per heavy atom. The van der Waals surface area contributed by atoms with E-state index in [0.29, 0.717) is 24.7 Å². The number of hydrogen-bond donors (Lipinski definition) is 2. The average Bonchev–Trinajstić information content (AvgIpc) is 2.69. The molecule has 0 atom stereocenters. The van der Waals surface area contributed by atoms with Gasteiger partial charge in [-0.25, -0.2) is 19.7 Å². The summed E-state index contributed by atoms with van der Waals surface area (Å²) in [6.45, 7) is 2.78. The van der Waals surface area contributed by atoms with E-state index in [0.717, 1.165) is 22.5 Å². The third kappa shape index (κ3) is 5.10. The first-order valence-corrected chi connectivity index (χ1v) is 8.49. The monoisotopic (exact) mass is 364 g/mol. The number of nitrogens with one attached hydrogen (secondary N) is 1. The Bertz CT molecular complexity index is 896. The van der Waals surface area contributed by atoms with Crippen LogP contribution in [0.25, 0.3) is 11.3 Å². The smallest absolute Gasteiger partial charge is 0.248 e. The highest BCUT2D eigenvalue weighted by molar-refractivity contribution is 5.93. The molecule has 0 saturated heterocycles. The van der Waals surface area contributed by atoms with Crippen LogP contribution in [-0.2, 0) is 16.4 Å². The van der Waals surface area contributed by atoms with Gasteiger partial charge < -0.3 is 11.1 Å². The van der Waals surface area contributed by atoms with Gasteiger partial charge >= 0.3 is 0 Å². The molecule has 3 N–H and O–H groups in total. The summed E-state index contributed by atoms with van der Waals surface area (Å²) in [5.74, 6) is -0.00187. The molecular weight excluding hydrogens is 344 g/mol. The molecular formula is C20H20N4O3. The highest BCUT2D eigenvalue weighted by atomic mass is 17.2. The maximum Gasteiger partial charge on any atom is 0.248 e. The Labute approximate surface area is 157 Å². The summed E-state index contributed by atoms with van der Waals surface area (Å²) in [4.78, 5) is 29.8. The fraction of sp³-hybridized carbons (Fsp3) is 0.150. The molecule has 1 heterocycles. The van der Waals surface area contributed by atoms with Crippen molar-refractivity contribution in [3.63, 3.8) is 0 Å². The van der Waals surface area contributed by atoms with Gasteiger partial charge in [0.05, 0.1) is 12.3 Å². The van der Waals surface area contributed by atoms with Gasteiger partial charge in [0, 0.05) is 23.0 Å². The maximum absolute atomic E-state index is 11.1. The molecule has 0 saturated carbocycles. The van der Waals surface area contributed by atoms with Crippen LogP contribution in [0.1, 0.15) is 22.8 Å². The van der Waals surface area contributed by atoms with Crippen LogP contribution in [0.3, 0.4) is 0 Å². The molecule has 27 heavy (non-hydrogen) atoms. The number of anilines is 2. The zero-order chi connectivity index (χ0) is 19.1. The molecule has 0 radical (unpaired) electrons. The van der Waals surface area contributed by atoms with E-state index in [2.05, 4.69) is 15.3 Å².